The van der Waals surface area contributed by atoms with E-state index in [1.165, 1.54) is 28.8 Å². The summed E-state index contributed by atoms with van der Waals surface area (Å²) in [6.45, 7) is 2.90. The molecule has 2 aliphatic heterocycles. The number of fused-ring (bicyclic) bond motifs is 2. The quantitative estimate of drug-likeness (QED) is 0.300. The van der Waals surface area contributed by atoms with Crippen LogP contribution in [0.25, 0.3) is 5.57 Å². The molecule has 0 aliphatic carbocycles. The lowest BCUT2D eigenvalue weighted by atomic mass is 9.82. The van der Waals surface area contributed by atoms with Gasteiger partial charge in [-0.25, -0.2) is 4.39 Å². The highest BCUT2D eigenvalue weighted by Crippen LogP contribution is 2.36. The average molecular weight is 607 g/mol. The van der Waals surface area contributed by atoms with Gasteiger partial charge in [0.15, 0.2) is 0 Å². The topological polar surface area (TPSA) is 44.8 Å². The normalized spacial score (nSPS) is 19.0. The maximum Gasteiger partial charge on any atom is 0.251 e. The van der Waals surface area contributed by atoms with Crippen molar-refractivity contribution in [3.63, 3.8) is 0 Å². The van der Waals surface area contributed by atoms with Gasteiger partial charge in [0.05, 0.1) is 17.1 Å². The Kier molecular flexibility index (Phi) is 9.35. The first-order valence-electron chi connectivity index (χ1n) is 14.0. The second-order valence-corrected chi connectivity index (χ2v) is 11.6. The van der Waals surface area contributed by atoms with E-state index in [4.69, 9.17) is 4.74 Å². The Morgan fingerprint density at radius 3 is 2.58 bits per heavy atom. The highest BCUT2D eigenvalue weighted by atomic mass is 79.9. The van der Waals surface area contributed by atoms with Crippen LogP contribution in [0.4, 0.5) is 4.39 Å². The number of carbonyl (C=O) groups excluding carboxylic acids is 1. The number of nitrogens with zero attached hydrogens (tertiary/aromatic N) is 2. The molecule has 1 fully saturated rings. The van der Waals surface area contributed by atoms with Gasteiger partial charge in [-0.05, 0) is 83.1 Å². The zero-order chi connectivity index (χ0) is 28.1. The Bertz CT molecular complexity index is 1350. The molecule has 40 heavy (non-hydrogen) atoms. The van der Waals surface area contributed by atoms with Crippen molar-refractivity contribution in [1.29, 1.82) is 0 Å². The Labute approximate surface area is 245 Å². The molecule has 210 valence electrons. The fourth-order valence-corrected chi connectivity index (χ4v) is 6.07. The average Bonchev–Trinajstić information content (AvgIpc) is 2.96. The minimum Gasteiger partial charge on any atom is -0.492 e. The molecular formula is C33H37BrFN3O2. The van der Waals surface area contributed by atoms with Gasteiger partial charge in [0, 0.05) is 44.4 Å². The van der Waals surface area contributed by atoms with Crippen LogP contribution in [0, 0.1) is 5.82 Å². The molecule has 1 saturated heterocycles. The molecule has 5 rings (SSSR count). The van der Waals surface area contributed by atoms with E-state index >= 15 is 0 Å². The number of benzene rings is 3. The van der Waals surface area contributed by atoms with Gasteiger partial charge in [0.25, 0.3) is 5.91 Å². The number of piperazine rings is 1. The summed E-state index contributed by atoms with van der Waals surface area (Å²) in [5, 5.41) is 3.54. The van der Waals surface area contributed by atoms with Crippen molar-refractivity contribution in [2.75, 3.05) is 40.3 Å². The molecule has 2 heterocycles. The number of hydrogen-bond donors (Lipinski definition) is 1. The van der Waals surface area contributed by atoms with Crippen molar-refractivity contribution in [1.82, 2.24) is 15.1 Å². The molecule has 0 aromatic heterocycles. The first kappa shape index (κ1) is 28.5. The Balaban J connectivity index is 1.28. The van der Waals surface area contributed by atoms with Gasteiger partial charge in [-0.2, -0.15) is 0 Å². The van der Waals surface area contributed by atoms with Gasteiger partial charge >= 0.3 is 0 Å². The molecule has 2 bridgehead atoms. The minimum atomic E-state index is -0.308. The largest absolute Gasteiger partial charge is 0.492 e. The number of halogens is 2. The molecule has 2 aliphatic rings. The lowest BCUT2D eigenvalue weighted by molar-refractivity contribution is -0.126. The van der Waals surface area contributed by atoms with Crippen molar-refractivity contribution in [3.05, 3.63) is 105 Å². The second-order valence-electron chi connectivity index (χ2n) is 10.8. The summed E-state index contributed by atoms with van der Waals surface area (Å²) in [7, 11) is 4.07. The summed E-state index contributed by atoms with van der Waals surface area (Å²) in [5.41, 5.74) is 5.68. The highest BCUT2D eigenvalue weighted by Gasteiger charge is 2.40. The van der Waals surface area contributed by atoms with Crippen LogP contribution in [0.3, 0.4) is 0 Å². The van der Waals surface area contributed by atoms with E-state index in [2.05, 4.69) is 69.6 Å². The van der Waals surface area contributed by atoms with Gasteiger partial charge in [-0.3, -0.25) is 9.69 Å². The van der Waals surface area contributed by atoms with Gasteiger partial charge in [0.1, 0.15) is 11.6 Å². The smallest absolute Gasteiger partial charge is 0.251 e. The fourth-order valence-electron chi connectivity index (χ4n) is 5.71. The third kappa shape index (κ3) is 6.65. The highest BCUT2D eigenvalue weighted by molar-refractivity contribution is 9.10. The second kappa shape index (κ2) is 13.1. The van der Waals surface area contributed by atoms with Crippen LogP contribution in [-0.2, 0) is 17.6 Å². The summed E-state index contributed by atoms with van der Waals surface area (Å²) < 4.78 is 20.0. The van der Waals surface area contributed by atoms with Crippen LogP contribution < -0.4 is 10.1 Å². The zero-order valence-electron chi connectivity index (χ0n) is 23.2. The number of aryl methyl sites for hydroxylation is 1. The molecule has 0 radical (unpaired) electrons. The van der Waals surface area contributed by atoms with E-state index < -0.39 is 0 Å². The monoisotopic (exact) mass is 605 g/mol. The first-order valence-corrected chi connectivity index (χ1v) is 14.8. The van der Waals surface area contributed by atoms with Gasteiger partial charge in [-0.1, -0.05) is 54.6 Å². The molecule has 2 atom stereocenters. The maximum absolute atomic E-state index is 13.9. The third-order valence-electron chi connectivity index (χ3n) is 8.10. The molecule has 3 aromatic rings. The first-order chi connectivity index (χ1) is 19.4. The number of likely N-dealkylation sites (N-methyl/N-ethyl adjacent to an activating group) is 2. The number of carbonyl (C=O) groups is 1. The standard InChI is InChI=1S/C33H37BrFN3O2/c1-37(17-16-23-7-4-3-5-8-23)33(39)32-28(20-27-21-36-22-30(32)38(27)2)25-12-10-24(11-13-25)9-6-18-40-31-19-26(35)14-15-29(31)34/h3-5,7-8,10-15,19,27,30,36H,6,9,16-18,20-22H2,1-2H3. The molecule has 0 spiro atoms. The van der Waals surface area contributed by atoms with Crippen LogP contribution in [0.1, 0.15) is 29.5 Å². The maximum atomic E-state index is 13.9. The van der Waals surface area contributed by atoms with Crippen molar-refractivity contribution in [3.8, 4) is 5.75 Å². The SMILES string of the molecule is CN(CCc1ccccc1)C(=O)C1=C(c2ccc(CCCOc3cc(F)ccc3Br)cc2)CC2CNCC1N2C. The summed E-state index contributed by atoms with van der Waals surface area (Å²) in [6, 6.07) is 23.9. The molecule has 5 nitrogen and oxygen atoms in total. The lowest BCUT2D eigenvalue weighted by Gasteiger charge is -2.46. The Morgan fingerprint density at radius 1 is 1.05 bits per heavy atom. The molecule has 2 unspecified atom stereocenters. The fraction of sp³-hybridized carbons (Fsp3) is 0.364. The number of hydrogen-bond acceptors (Lipinski definition) is 4. The van der Waals surface area contributed by atoms with E-state index in [1.54, 1.807) is 6.07 Å². The minimum absolute atomic E-state index is 0.0631. The Hall–Kier alpha value is -3.00. The van der Waals surface area contributed by atoms with Gasteiger partial charge in [0.2, 0.25) is 0 Å². The number of ether oxygens (including phenoxy) is 1. The van der Waals surface area contributed by atoms with Crippen molar-refractivity contribution >= 4 is 27.4 Å². The third-order valence-corrected chi connectivity index (χ3v) is 8.76. The van der Waals surface area contributed by atoms with E-state index in [0.29, 0.717) is 24.9 Å². The van der Waals surface area contributed by atoms with E-state index in [0.717, 1.165) is 54.4 Å². The number of rotatable bonds is 10. The lowest BCUT2D eigenvalue weighted by Crippen LogP contribution is -2.60. The van der Waals surface area contributed by atoms with Crippen LogP contribution >= 0.6 is 15.9 Å². The molecule has 0 saturated carbocycles. The molecule has 1 N–H and O–H groups in total. The molecule has 7 heteroatoms. The van der Waals surface area contributed by atoms with Crippen molar-refractivity contribution < 1.29 is 13.9 Å². The molecular weight excluding hydrogens is 569 g/mol. The van der Waals surface area contributed by atoms with Crippen molar-refractivity contribution in [2.24, 2.45) is 0 Å². The predicted octanol–water partition coefficient (Wildman–Crippen LogP) is 5.73. The predicted molar refractivity (Wildman–Crippen MR) is 162 cm³/mol. The van der Waals surface area contributed by atoms with Crippen LogP contribution in [0.5, 0.6) is 5.75 Å². The Morgan fingerprint density at radius 2 is 1.80 bits per heavy atom. The summed E-state index contributed by atoms with van der Waals surface area (Å²) in [5.74, 6) is 0.336. The van der Waals surface area contributed by atoms with Crippen LogP contribution in [-0.4, -0.2) is 68.1 Å². The van der Waals surface area contributed by atoms with Crippen molar-refractivity contribution in [2.45, 2.75) is 37.8 Å². The van der Waals surface area contributed by atoms with Crippen LogP contribution in [0.15, 0.2) is 82.8 Å². The molecule has 3 aromatic carbocycles. The number of nitrogens with one attached hydrogen (secondary N) is 1. The summed E-state index contributed by atoms with van der Waals surface area (Å²) >= 11 is 3.41. The summed E-state index contributed by atoms with van der Waals surface area (Å²) in [4.78, 5) is 18.2. The number of amides is 1. The zero-order valence-corrected chi connectivity index (χ0v) is 24.8. The van der Waals surface area contributed by atoms with Gasteiger partial charge < -0.3 is 15.0 Å². The van der Waals surface area contributed by atoms with E-state index in [9.17, 15) is 9.18 Å². The van der Waals surface area contributed by atoms with E-state index in [1.807, 2.05) is 30.1 Å². The van der Waals surface area contributed by atoms with E-state index in [-0.39, 0.29) is 17.8 Å². The van der Waals surface area contributed by atoms with Gasteiger partial charge in [-0.15, -0.1) is 0 Å². The summed E-state index contributed by atoms with van der Waals surface area (Å²) in [6.07, 6.45) is 3.37. The van der Waals surface area contributed by atoms with Crippen LogP contribution in [0.2, 0.25) is 0 Å². The molecule has 1 amide bonds.